The van der Waals surface area contributed by atoms with Gasteiger partial charge in [0.1, 0.15) is 0 Å². The van der Waals surface area contributed by atoms with E-state index in [2.05, 4.69) is 48.4 Å². The van der Waals surface area contributed by atoms with Crippen LogP contribution in [0.2, 0.25) is 6.82 Å². The highest BCUT2D eigenvalue weighted by Crippen LogP contribution is 2.31. The van der Waals surface area contributed by atoms with Crippen molar-refractivity contribution in [3.8, 4) is 0 Å². The Labute approximate surface area is 88.9 Å². The van der Waals surface area contributed by atoms with Gasteiger partial charge in [0.2, 0.25) is 0 Å². The molecule has 0 aromatic rings. The van der Waals surface area contributed by atoms with E-state index in [4.69, 9.17) is 0 Å². The van der Waals surface area contributed by atoms with Crippen molar-refractivity contribution in [1.29, 1.82) is 0 Å². The molecule has 1 aliphatic heterocycles. The lowest BCUT2D eigenvalue weighted by atomic mass is 9.41. The Morgan fingerprint density at radius 1 is 0.571 bits per heavy atom. The van der Waals surface area contributed by atoms with Gasteiger partial charge in [0.05, 0.1) is 0 Å². The Morgan fingerprint density at radius 3 is 1.14 bits per heavy atom. The molecular weight excluding hydrogens is 167 g/mol. The minimum absolute atomic E-state index is 0.599. The van der Waals surface area contributed by atoms with Crippen LogP contribution in [0.3, 0.4) is 0 Å². The van der Waals surface area contributed by atoms with Gasteiger partial charge in [-0.3, -0.25) is 0 Å². The second-order valence-corrected chi connectivity index (χ2v) is 4.59. The Morgan fingerprint density at radius 2 is 0.857 bits per heavy atom. The molecule has 0 fully saturated rings. The largest absolute Gasteiger partial charge is 0.196 e. The van der Waals surface area contributed by atoms with Crippen LogP contribution in [0.1, 0.15) is 41.5 Å². The van der Waals surface area contributed by atoms with E-state index in [0.717, 1.165) is 0 Å². The molecule has 1 heterocycles. The van der Waals surface area contributed by atoms with Gasteiger partial charge in [0.25, 0.3) is 0 Å². The average Bonchev–Trinajstić information content (AvgIpc) is 2.23. The topological polar surface area (TPSA) is 0 Å². The standard InChI is InChI=1S/C13H21B/c1-8-9(2)11(4)13(6)14(7)12(5)10(8)3/h1-7H3. The molecule has 0 nitrogen and oxygen atoms in total. The summed E-state index contributed by atoms with van der Waals surface area (Å²) in [6.07, 6.45) is 0. The Bertz CT molecular complexity index is 319. The summed E-state index contributed by atoms with van der Waals surface area (Å²) < 4.78 is 0. The molecule has 0 aromatic heterocycles. The molecule has 0 saturated heterocycles. The van der Waals surface area contributed by atoms with Crippen LogP contribution in [0.4, 0.5) is 0 Å². The quantitative estimate of drug-likeness (QED) is 0.499. The lowest BCUT2D eigenvalue weighted by Crippen LogP contribution is -2.13. The van der Waals surface area contributed by atoms with Crippen LogP contribution >= 0.6 is 0 Å². The summed E-state index contributed by atoms with van der Waals surface area (Å²) in [7, 11) is 0. The highest BCUT2D eigenvalue weighted by Gasteiger charge is 2.20. The van der Waals surface area contributed by atoms with E-state index in [0.29, 0.717) is 6.71 Å². The van der Waals surface area contributed by atoms with E-state index < -0.39 is 0 Å². The summed E-state index contributed by atoms with van der Waals surface area (Å²) in [5, 5.41) is 0. The fourth-order valence-corrected chi connectivity index (χ4v) is 2.13. The Kier molecular flexibility index (Phi) is 3.09. The van der Waals surface area contributed by atoms with Gasteiger partial charge in [0, 0.05) is 0 Å². The van der Waals surface area contributed by atoms with Gasteiger partial charge in [-0.1, -0.05) is 42.8 Å². The smallest absolute Gasteiger partial charge is 0.0961 e. The van der Waals surface area contributed by atoms with Crippen molar-refractivity contribution in [3.63, 3.8) is 0 Å². The van der Waals surface area contributed by atoms with Crippen molar-refractivity contribution in [2.24, 2.45) is 0 Å². The predicted octanol–water partition coefficient (Wildman–Crippen LogP) is 4.21. The number of hydrogen-bond donors (Lipinski definition) is 0. The normalized spacial score (nSPS) is 19.5. The first-order valence-corrected chi connectivity index (χ1v) is 5.40. The third-order valence-electron chi connectivity index (χ3n) is 4.17. The maximum atomic E-state index is 2.31. The first-order valence-electron chi connectivity index (χ1n) is 5.40. The fraction of sp³-hybridized carbons (Fsp3) is 0.538. The molecular formula is C13H21B. The molecule has 0 saturated carbocycles. The zero-order chi connectivity index (χ0) is 11.0. The molecule has 0 radical (unpaired) electrons. The van der Waals surface area contributed by atoms with Crippen molar-refractivity contribution >= 4 is 6.71 Å². The number of rotatable bonds is 0. The van der Waals surface area contributed by atoms with E-state index in [1.807, 2.05) is 0 Å². The summed E-state index contributed by atoms with van der Waals surface area (Å²) in [6.45, 7) is 16.4. The maximum absolute atomic E-state index is 2.31. The fourth-order valence-electron chi connectivity index (χ4n) is 2.13. The van der Waals surface area contributed by atoms with Crippen LogP contribution in [-0.2, 0) is 0 Å². The zero-order valence-electron chi connectivity index (χ0n) is 10.6. The van der Waals surface area contributed by atoms with Crippen molar-refractivity contribution in [1.82, 2.24) is 0 Å². The van der Waals surface area contributed by atoms with Crippen molar-refractivity contribution in [3.05, 3.63) is 33.2 Å². The van der Waals surface area contributed by atoms with Crippen LogP contribution in [0, 0.1) is 0 Å². The van der Waals surface area contributed by atoms with E-state index >= 15 is 0 Å². The van der Waals surface area contributed by atoms with Crippen LogP contribution < -0.4 is 0 Å². The lowest BCUT2D eigenvalue weighted by Gasteiger charge is -2.12. The molecule has 0 N–H and O–H groups in total. The second kappa shape index (κ2) is 3.80. The summed E-state index contributed by atoms with van der Waals surface area (Å²) >= 11 is 0. The van der Waals surface area contributed by atoms with E-state index in [1.54, 1.807) is 0 Å². The first kappa shape index (κ1) is 11.4. The van der Waals surface area contributed by atoms with E-state index in [-0.39, 0.29) is 0 Å². The predicted molar refractivity (Wildman–Crippen MR) is 66.7 cm³/mol. The van der Waals surface area contributed by atoms with Crippen LogP contribution in [0.5, 0.6) is 0 Å². The number of allylic oxidation sites excluding steroid dienone is 6. The molecule has 1 aliphatic rings. The summed E-state index contributed by atoms with van der Waals surface area (Å²) in [5.74, 6) is 0. The minimum atomic E-state index is 0.599. The maximum Gasteiger partial charge on any atom is 0.196 e. The third-order valence-corrected chi connectivity index (χ3v) is 4.17. The molecule has 0 amide bonds. The molecule has 1 rings (SSSR count). The zero-order valence-corrected chi connectivity index (χ0v) is 10.6. The van der Waals surface area contributed by atoms with Gasteiger partial charge in [-0.15, -0.1) is 0 Å². The second-order valence-electron chi connectivity index (χ2n) is 4.59. The highest BCUT2D eigenvalue weighted by molar-refractivity contribution is 6.72. The molecule has 0 bridgehead atoms. The molecule has 0 atom stereocenters. The lowest BCUT2D eigenvalue weighted by molar-refractivity contribution is 1.21. The molecule has 0 aromatic carbocycles. The third kappa shape index (κ3) is 1.60. The minimum Gasteiger partial charge on any atom is -0.0961 e. The first-order chi connectivity index (χ1) is 6.37. The molecule has 14 heavy (non-hydrogen) atoms. The van der Waals surface area contributed by atoms with Gasteiger partial charge < -0.3 is 0 Å². The van der Waals surface area contributed by atoms with Crippen LogP contribution in [0.15, 0.2) is 33.2 Å². The van der Waals surface area contributed by atoms with Gasteiger partial charge in [-0.05, 0) is 38.8 Å². The van der Waals surface area contributed by atoms with Gasteiger partial charge in [0.15, 0.2) is 6.71 Å². The molecule has 1 heteroatoms. The average molecular weight is 188 g/mol. The van der Waals surface area contributed by atoms with Crippen molar-refractivity contribution < 1.29 is 0 Å². The van der Waals surface area contributed by atoms with Gasteiger partial charge in [-0.2, -0.15) is 0 Å². The van der Waals surface area contributed by atoms with Crippen molar-refractivity contribution in [2.45, 2.75) is 48.4 Å². The van der Waals surface area contributed by atoms with Gasteiger partial charge in [-0.25, -0.2) is 0 Å². The van der Waals surface area contributed by atoms with Gasteiger partial charge >= 0.3 is 0 Å². The Balaban J connectivity index is 3.46. The molecule has 0 unspecified atom stereocenters. The van der Waals surface area contributed by atoms with E-state index in [1.165, 1.54) is 33.2 Å². The SMILES string of the molecule is CB1C(C)=C(C)C(C)=C(C)C(C)=C1C. The molecule has 0 spiro atoms. The summed E-state index contributed by atoms with van der Waals surface area (Å²) in [5.41, 5.74) is 8.93. The molecule has 0 aliphatic carbocycles. The van der Waals surface area contributed by atoms with Crippen molar-refractivity contribution in [2.75, 3.05) is 0 Å². The van der Waals surface area contributed by atoms with Crippen LogP contribution in [0.25, 0.3) is 0 Å². The Hall–Kier alpha value is -0.715. The summed E-state index contributed by atoms with van der Waals surface area (Å²) in [4.78, 5) is 0. The molecule has 76 valence electrons. The monoisotopic (exact) mass is 188 g/mol. The van der Waals surface area contributed by atoms with E-state index in [9.17, 15) is 0 Å². The summed E-state index contributed by atoms with van der Waals surface area (Å²) in [6, 6.07) is 0. The highest BCUT2D eigenvalue weighted by atomic mass is 14.1. The van der Waals surface area contributed by atoms with Crippen LogP contribution in [-0.4, -0.2) is 6.71 Å². The number of hydrogen-bond acceptors (Lipinski definition) is 0.